The normalized spacial score (nSPS) is 14.8. The average Bonchev–Trinajstić information content (AvgIpc) is 2.68. The molecule has 8 heteroatoms. The van der Waals surface area contributed by atoms with Gasteiger partial charge in [0.2, 0.25) is 5.43 Å². The van der Waals surface area contributed by atoms with Crippen molar-refractivity contribution >= 4 is 28.5 Å². The zero-order valence-corrected chi connectivity index (χ0v) is 15.8. The van der Waals surface area contributed by atoms with Gasteiger partial charge in [0.05, 0.1) is 11.2 Å². The maximum Gasteiger partial charge on any atom is 0.322 e. The monoisotopic (exact) mass is 389 g/mol. The molecule has 0 unspecified atom stereocenters. The van der Waals surface area contributed by atoms with Gasteiger partial charge in [-0.15, -0.1) is 0 Å². The van der Waals surface area contributed by atoms with Crippen molar-refractivity contribution in [3.63, 3.8) is 0 Å². The molecule has 1 heterocycles. The van der Waals surface area contributed by atoms with Crippen LogP contribution < -0.4 is 16.1 Å². The van der Waals surface area contributed by atoms with E-state index in [9.17, 15) is 18.8 Å². The molecule has 1 aromatic heterocycles. The molecular weight excluding hydrogens is 365 g/mol. The Kier molecular flexibility index (Phi) is 5.96. The van der Waals surface area contributed by atoms with Crippen molar-refractivity contribution in [1.29, 1.82) is 0 Å². The number of nitrogens with zero attached hydrogens (tertiary/aromatic N) is 1. The van der Waals surface area contributed by atoms with E-state index in [4.69, 9.17) is 5.11 Å². The molecule has 0 bridgehead atoms. The number of aryl methyl sites for hydroxylation is 1. The van der Waals surface area contributed by atoms with Crippen LogP contribution in [-0.4, -0.2) is 34.1 Å². The van der Waals surface area contributed by atoms with Crippen molar-refractivity contribution in [2.24, 2.45) is 0 Å². The summed E-state index contributed by atoms with van der Waals surface area (Å²) in [5, 5.41) is 14.2. The van der Waals surface area contributed by atoms with Gasteiger partial charge in [-0.25, -0.2) is 4.39 Å². The van der Waals surface area contributed by atoms with Gasteiger partial charge in [0, 0.05) is 24.2 Å². The number of carboxylic acids is 1. The van der Waals surface area contributed by atoms with Gasteiger partial charge in [0.15, 0.2) is 0 Å². The highest BCUT2D eigenvalue weighted by atomic mass is 19.1. The third-order valence-electron chi connectivity index (χ3n) is 5.12. The standard InChI is InChI=1S/C20H24FN3O4/c1-2-24-11-14(20(28)22-10-18(25)26)19(27)13-8-15(21)16(9-17(13)24)23-12-6-4-3-5-7-12/h8-9,11-12,23H,2-7,10H2,1H3,(H,22,28)(H,25,26). The van der Waals surface area contributed by atoms with Crippen molar-refractivity contribution in [2.75, 3.05) is 11.9 Å². The van der Waals surface area contributed by atoms with E-state index in [1.807, 2.05) is 6.92 Å². The molecule has 1 amide bonds. The molecule has 1 aliphatic rings. The minimum atomic E-state index is -1.21. The Morgan fingerprint density at radius 1 is 1.25 bits per heavy atom. The number of rotatable bonds is 6. The van der Waals surface area contributed by atoms with E-state index >= 15 is 0 Å². The summed E-state index contributed by atoms with van der Waals surface area (Å²) in [4.78, 5) is 35.6. The van der Waals surface area contributed by atoms with Crippen LogP contribution in [0.25, 0.3) is 10.9 Å². The Hall–Kier alpha value is -2.90. The zero-order valence-electron chi connectivity index (χ0n) is 15.8. The van der Waals surface area contributed by atoms with E-state index in [1.54, 1.807) is 10.6 Å². The Morgan fingerprint density at radius 3 is 2.61 bits per heavy atom. The topological polar surface area (TPSA) is 100 Å². The number of benzene rings is 1. The van der Waals surface area contributed by atoms with Crippen molar-refractivity contribution < 1.29 is 19.1 Å². The quantitative estimate of drug-likeness (QED) is 0.705. The minimum absolute atomic E-state index is 0.0940. The molecule has 7 nitrogen and oxygen atoms in total. The first kappa shape index (κ1) is 19.9. The molecule has 28 heavy (non-hydrogen) atoms. The van der Waals surface area contributed by atoms with Crippen LogP contribution in [-0.2, 0) is 11.3 Å². The fraction of sp³-hybridized carbons (Fsp3) is 0.450. The molecule has 1 saturated carbocycles. The van der Waals surface area contributed by atoms with Crippen LogP contribution in [0.2, 0.25) is 0 Å². The van der Waals surface area contributed by atoms with E-state index in [-0.39, 0.29) is 17.0 Å². The van der Waals surface area contributed by atoms with Crippen molar-refractivity contribution in [3.05, 3.63) is 39.9 Å². The Bertz CT molecular complexity index is 964. The number of aliphatic carboxylic acids is 1. The summed E-state index contributed by atoms with van der Waals surface area (Å²) in [6.07, 6.45) is 6.79. The summed E-state index contributed by atoms with van der Waals surface area (Å²) >= 11 is 0. The number of anilines is 1. The molecule has 2 aromatic rings. The van der Waals surface area contributed by atoms with Crippen molar-refractivity contribution in [1.82, 2.24) is 9.88 Å². The SMILES string of the molecule is CCn1cc(C(=O)NCC(=O)O)c(=O)c2cc(F)c(NC3CCCCC3)cc21. The average molecular weight is 389 g/mol. The van der Waals surface area contributed by atoms with Gasteiger partial charge < -0.3 is 20.3 Å². The fourth-order valence-corrected chi connectivity index (χ4v) is 3.66. The number of hydrogen-bond donors (Lipinski definition) is 3. The molecule has 1 aliphatic carbocycles. The fourth-order valence-electron chi connectivity index (χ4n) is 3.66. The molecule has 0 atom stereocenters. The van der Waals surface area contributed by atoms with Crippen LogP contribution in [0.3, 0.4) is 0 Å². The van der Waals surface area contributed by atoms with E-state index < -0.39 is 29.7 Å². The van der Waals surface area contributed by atoms with Gasteiger partial charge >= 0.3 is 5.97 Å². The molecule has 3 rings (SSSR count). The molecule has 0 aliphatic heterocycles. The van der Waals surface area contributed by atoms with E-state index in [0.29, 0.717) is 17.7 Å². The van der Waals surface area contributed by atoms with E-state index in [2.05, 4.69) is 10.6 Å². The summed E-state index contributed by atoms with van der Waals surface area (Å²) in [5.74, 6) is -2.54. The molecule has 0 spiro atoms. The Labute approximate surface area is 161 Å². The number of aromatic nitrogens is 1. The number of carbonyl (C=O) groups excluding carboxylic acids is 1. The second kappa shape index (κ2) is 8.41. The first-order valence-corrected chi connectivity index (χ1v) is 9.54. The highest BCUT2D eigenvalue weighted by molar-refractivity contribution is 5.98. The van der Waals surface area contributed by atoms with Crippen LogP contribution in [0.15, 0.2) is 23.1 Å². The number of hydrogen-bond acceptors (Lipinski definition) is 4. The predicted molar refractivity (Wildman–Crippen MR) is 104 cm³/mol. The maximum absolute atomic E-state index is 14.7. The van der Waals surface area contributed by atoms with Gasteiger partial charge in [-0.2, -0.15) is 0 Å². The summed E-state index contributed by atoms with van der Waals surface area (Å²) in [5.41, 5.74) is 0.0553. The van der Waals surface area contributed by atoms with Crippen LogP contribution in [0.1, 0.15) is 49.4 Å². The second-order valence-electron chi connectivity index (χ2n) is 7.06. The van der Waals surface area contributed by atoms with E-state index in [0.717, 1.165) is 31.7 Å². The third-order valence-corrected chi connectivity index (χ3v) is 5.12. The maximum atomic E-state index is 14.7. The van der Waals surface area contributed by atoms with Gasteiger partial charge in [-0.05, 0) is 31.9 Å². The number of halogens is 1. The zero-order chi connectivity index (χ0) is 20.3. The number of nitrogens with one attached hydrogen (secondary N) is 2. The number of carboxylic acid groups (broad SMARTS) is 1. The van der Waals surface area contributed by atoms with E-state index in [1.165, 1.54) is 12.6 Å². The lowest BCUT2D eigenvalue weighted by Gasteiger charge is -2.24. The molecule has 1 aromatic carbocycles. The van der Waals surface area contributed by atoms with Gasteiger partial charge in [0.1, 0.15) is 17.9 Å². The molecule has 0 saturated heterocycles. The van der Waals surface area contributed by atoms with Crippen molar-refractivity contribution in [3.8, 4) is 0 Å². The first-order valence-electron chi connectivity index (χ1n) is 9.54. The minimum Gasteiger partial charge on any atom is -0.480 e. The van der Waals surface area contributed by atoms with Crippen LogP contribution in [0, 0.1) is 5.82 Å². The number of pyridine rings is 1. The summed E-state index contributed by atoms with van der Waals surface area (Å²) in [6.45, 7) is 1.71. The molecular formula is C20H24FN3O4. The second-order valence-corrected chi connectivity index (χ2v) is 7.06. The molecule has 150 valence electrons. The lowest BCUT2D eigenvalue weighted by molar-refractivity contribution is -0.135. The largest absolute Gasteiger partial charge is 0.480 e. The van der Waals surface area contributed by atoms with Gasteiger partial charge in [0.25, 0.3) is 5.91 Å². The number of carbonyl (C=O) groups is 2. The highest BCUT2D eigenvalue weighted by Gasteiger charge is 2.19. The van der Waals surface area contributed by atoms with Crippen LogP contribution >= 0.6 is 0 Å². The lowest BCUT2D eigenvalue weighted by Crippen LogP contribution is -2.33. The number of amides is 1. The predicted octanol–water partition coefficient (Wildman–Crippen LogP) is 2.72. The Morgan fingerprint density at radius 2 is 1.96 bits per heavy atom. The van der Waals surface area contributed by atoms with Gasteiger partial charge in [-0.3, -0.25) is 14.4 Å². The van der Waals surface area contributed by atoms with Crippen molar-refractivity contribution in [2.45, 2.75) is 51.6 Å². The Balaban J connectivity index is 2.01. The smallest absolute Gasteiger partial charge is 0.322 e. The van der Waals surface area contributed by atoms with Crippen LogP contribution in [0.5, 0.6) is 0 Å². The van der Waals surface area contributed by atoms with Gasteiger partial charge in [-0.1, -0.05) is 19.3 Å². The highest BCUT2D eigenvalue weighted by Crippen LogP contribution is 2.26. The first-order chi connectivity index (χ1) is 13.4. The summed E-state index contributed by atoms with van der Waals surface area (Å²) in [7, 11) is 0. The molecule has 1 fully saturated rings. The summed E-state index contributed by atoms with van der Waals surface area (Å²) < 4.78 is 16.4. The molecule has 0 radical (unpaired) electrons. The molecule has 3 N–H and O–H groups in total. The number of fused-ring (bicyclic) bond motifs is 1. The third kappa shape index (κ3) is 4.16. The summed E-state index contributed by atoms with van der Waals surface area (Å²) in [6, 6.07) is 2.98. The van der Waals surface area contributed by atoms with Crippen LogP contribution in [0.4, 0.5) is 10.1 Å². The lowest BCUT2D eigenvalue weighted by atomic mass is 9.95.